The normalized spacial score (nSPS) is 25.5. The van der Waals surface area contributed by atoms with Gasteiger partial charge in [-0.25, -0.2) is 9.59 Å². The molecular formula is C23H23ClO8. The molecule has 0 bridgehead atoms. The van der Waals surface area contributed by atoms with Gasteiger partial charge >= 0.3 is 11.9 Å². The Morgan fingerprint density at radius 3 is 2.34 bits per heavy atom. The highest BCUT2D eigenvalue weighted by Crippen LogP contribution is 2.35. The molecule has 1 saturated carbocycles. The summed E-state index contributed by atoms with van der Waals surface area (Å²) in [6, 6.07) is 12.7. The summed E-state index contributed by atoms with van der Waals surface area (Å²) in [5, 5.41) is 40.2. The SMILES string of the molecule is O=C(C=Cc1ccc(O)cc1)O[C@@H]1C[C@](OCc2ccc(Cl)cc2)(C(=O)O)C[C@H](O)[C@H]1O. The average molecular weight is 463 g/mol. The maximum absolute atomic E-state index is 12.2. The lowest BCUT2D eigenvalue weighted by Crippen LogP contribution is -2.58. The highest BCUT2D eigenvalue weighted by atomic mass is 35.5. The predicted octanol–water partition coefficient (Wildman–Crippen LogP) is 2.53. The highest BCUT2D eigenvalue weighted by molar-refractivity contribution is 6.30. The Morgan fingerprint density at radius 1 is 1.06 bits per heavy atom. The van der Waals surface area contributed by atoms with E-state index in [1.54, 1.807) is 36.4 Å². The third kappa shape index (κ3) is 5.86. The van der Waals surface area contributed by atoms with E-state index < -0.39 is 35.9 Å². The minimum Gasteiger partial charge on any atom is -0.508 e. The fraction of sp³-hybridized carbons (Fsp3) is 0.304. The molecular weight excluding hydrogens is 440 g/mol. The van der Waals surface area contributed by atoms with Gasteiger partial charge in [-0.2, -0.15) is 0 Å². The molecule has 3 rings (SSSR count). The second-order valence-electron chi connectivity index (χ2n) is 7.58. The van der Waals surface area contributed by atoms with Gasteiger partial charge in [0.05, 0.1) is 12.7 Å². The number of esters is 1. The summed E-state index contributed by atoms with van der Waals surface area (Å²) in [6.45, 7) is -0.0757. The number of hydrogen-bond acceptors (Lipinski definition) is 7. The molecule has 0 aromatic heterocycles. The zero-order valence-electron chi connectivity index (χ0n) is 16.9. The maximum Gasteiger partial charge on any atom is 0.336 e. The number of aliphatic hydroxyl groups is 2. The second-order valence-corrected chi connectivity index (χ2v) is 8.02. The van der Waals surface area contributed by atoms with Crippen LogP contribution in [0.25, 0.3) is 6.08 Å². The van der Waals surface area contributed by atoms with Crippen LogP contribution in [0.5, 0.6) is 5.75 Å². The number of aromatic hydroxyl groups is 1. The highest BCUT2D eigenvalue weighted by Gasteiger charge is 2.52. The van der Waals surface area contributed by atoms with Crippen molar-refractivity contribution in [2.45, 2.75) is 43.4 Å². The monoisotopic (exact) mass is 462 g/mol. The van der Waals surface area contributed by atoms with Gasteiger partial charge in [0.2, 0.25) is 0 Å². The van der Waals surface area contributed by atoms with Crippen molar-refractivity contribution in [1.82, 2.24) is 0 Å². The van der Waals surface area contributed by atoms with Gasteiger partial charge in [0.25, 0.3) is 0 Å². The number of aliphatic carboxylic acids is 1. The van der Waals surface area contributed by atoms with Crippen molar-refractivity contribution in [3.05, 3.63) is 70.8 Å². The summed E-state index contributed by atoms with van der Waals surface area (Å²) >= 11 is 5.85. The van der Waals surface area contributed by atoms with Crippen LogP contribution in [-0.2, 0) is 25.7 Å². The van der Waals surface area contributed by atoms with Gasteiger partial charge in [0.15, 0.2) is 5.60 Å². The van der Waals surface area contributed by atoms with Gasteiger partial charge in [0, 0.05) is 23.9 Å². The van der Waals surface area contributed by atoms with E-state index in [4.69, 9.17) is 21.1 Å². The van der Waals surface area contributed by atoms with E-state index >= 15 is 0 Å². The Morgan fingerprint density at radius 2 is 1.72 bits per heavy atom. The minimum atomic E-state index is -1.86. The molecule has 2 aromatic rings. The summed E-state index contributed by atoms with van der Waals surface area (Å²) in [6.07, 6.45) is -2.39. The summed E-state index contributed by atoms with van der Waals surface area (Å²) in [4.78, 5) is 24.3. The number of phenols is 1. The lowest BCUT2D eigenvalue weighted by atomic mass is 9.79. The van der Waals surface area contributed by atoms with Crippen molar-refractivity contribution in [3.8, 4) is 5.75 Å². The molecule has 0 unspecified atom stereocenters. The van der Waals surface area contributed by atoms with Crippen LogP contribution in [0.4, 0.5) is 0 Å². The summed E-state index contributed by atoms with van der Waals surface area (Å²) in [5.74, 6) is -2.08. The van der Waals surface area contributed by atoms with E-state index in [9.17, 15) is 30.0 Å². The van der Waals surface area contributed by atoms with Crippen molar-refractivity contribution < 1.29 is 39.5 Å². The first kappa shape index (κ1) is 23.7. The first-order valence-corrected chi connectivity index (χ1v) is 10.2. The van der Waals surface area contributed by atoms with Gasteiger partial charge in [-0.1, -0.05) is 35.9 Å². The van der Waals surface area contributed by atoms with Gasteiger partial charge in [-0.05, 0) is 41.5 Å². The van der Waals surface area contributed by atoms with E-state index in [1.807, 2.05) is 0 Å². The van der Waals surface area contributed by atoms with Crippen LogP contribution < -0.4 is 0 Å². The molecule has 4 atom stereocenters. The molecule has 32 heavy (non-hydrogen) atoms. The number of carboxylic acid groups (broad SMARTS) is 1. The number of carboxylic acids is 1. The second kappa shape index (κ2) is 10.1. The third-order valence-corrected chi connectivity index (χ3v) is 5.49. The van der Waals surface area contributed by atoms with E-state index in [0.29, 0.717) is 16.1 Å². The summed E-state index contributed by atoms with van der Waals surface area (Å²) in [7, 11) is 0. The number of phenolic OH excluding ortho intramolecular Hbond substituents is 1. The molecule has 1 aliphatic rings. The number of carbonyl (C=O) groups excluding carboxylic acids is 1. The predicted molar refractivity (Wildman–Crippen MR) is 115 cm³/mol. The van der Waals surface area contributed by atoms with Crippen LogP contribution in [0, 0.1) is 0 Å². The van der Waals surface area contributed by atoms with Crippen molar-refractivity contribution >= 4 is 29.6 Å². The smallest absolute Gasteiger partial charge is 0.336 e. The largest absolute Gasteiger partial charge is 0.508 e. The van der Waals surface area contributed by atoms with Gasteiger partial charge < -0.3 is 29.9 Å². The quantitative estimate of drug-likeness (QED) is 0.364. The van der Waals surface area contributed by atoms with Crippen LogP contribution in [0.15, 0.2) is 54.6 Å². The standard InChI is InChI=1S/C23H23ClO8/c24-16-6-1-15(2-7-16)13-31-23(22(29)30)11-18(26)21(28)19(12-23)32-20(27)10-5-14-3-8-17(25)9-4-14/h1-10,18-19,21,25-26,28H,11-13H2,(H,29,30)/t18-,19+,21+,23-/m0/s1. The number of halogens is 1. The summed E-state index contributed by atoms with van der Waals surface area (Å²) in [5.41, 5.74) is -0.569. The fourth-order valence-corrected chi connectivity index (χ4v) is 3.57. The van der Waals surface area contributed by atoms with Crippen molar-refractivity contribution in [2.24, 2.45) is 0 Å². The first-order valence-electron chi connectivity index (χ1n) is 9.84. The van der Waals surface area contributed by atoms with E-state index in [0.717, 1.165) is 6.08 Å². The number of hydrogen-bond donors (Lipinski definition) is 4. The molecule has 1 aliphatic carbocycles. The molecule has 0 spiro atoms. The number of benzene rings is 2. The first-order chi connectivity index (χ1) is 15.2. The summed E-state index contributed by atoms with van der Waals surface area (Å²) < 4.78 is 10.9. The third-order valence-electron chi connectivity index (χ3n) is 5.24. The number of carbonyl (C=O) groups is 2. The zero-order valence-corrected chi connectivity index (χ0v) is 17.7. The molecule has 0 heterocycles. The van der Waals surface area contributed by atoms with E-state index in [1.165, 1.54) is 18.2 Å². The molecule has 1 fully saturated rings. The Bertz CT molecular complexity index is 972. The average Bonchev–Trinajstić information content (AvgIpc) is 2.76. The molecule has 4 N–H and O–H groups in total. The van der Waals surface area contributed by atoms with Crippen molar-refractivity contribution in [3.63, 3.8) is 0 Å². The molecule has 2 aromatic carbocycles. The topological polar surface area (TPSA) is 134 Å². The molecule has 0 aliphatic heterocycles. The van der Waals surface area contributed by atoms with Crippen molar-refractivity contribution in [1.29, 1.82) is 0 Å². The molecule has 0 saturated heterocycles. The Hall–Kier alpha value is -2.91. The lowest BCUT2D eigenvalue weighted by Gasteiger charge is -2.41. The van der Waals surface area contributed by atoms with E-state index in [-0.39, 0.29) is 25.2 Å². The Labute approximate surface area is 189 Å². The van der Waals surface area contributed by atoms with Crippen LogP contribution in [0.3, 0.4) is 0 Å². The maximum atomic E-state index is 12.2. The molecule has 8 nitrogen and oxygen atoms in total. The Balaban J connectivity index is 1.70. The number of aliphatic hydroxyl groups excluding tert-OH is 2. The number of rotatable bonds is 7. The molecule has 9 heteroatoms. The van der Waals surface area contributed by atoms with Crippen LogP contribution in [0.2, 0.25) is 5.02 Å². The lowest BCUT2D eigenvalue weighted by molar-refractivity contribution is -0.209. The fourth-order valence-electron chi connectivity index (χ4n) is 3.44. The Kier molecular flexibility index (Phi) is 7.52. The van der Waals surface area contributed by atoms with Gasteiger partial charge in [0.1, 0.15) is 18.0 Å². The van der Waals surface area contributed by atoms with Crippen LogP contribution in [-0.4, -0.2) is 56.3 Å². The van der Waals surface area contributed by atoms with Crippen LogP contribution in [0.1, 0.15) is 24.0 Å². The zero-order chi connectivity index (χ0) is 23.3. The number of ether oxygens (including phenoxy) is 2. The molecule has 0 radical (unpaired) electrons. The van der Waals surface area contributed by atoms with Crippen LogP contribution >= 0.6 is 11.6 Å². The molecule has 170 valence electrons. The minimum absolute atomic E-state index is 0.0757. The van der Waals surface area contributed by atoms with Crippen molar-refractivity contribution in [2.75, 3.05) is 0 Å². The van der Waals surface area contributed by atoms with Gasteiger partial charge in [-0.3, -0.25) is 0 Å². The van der Waals surface area contributed by atoms with Gasteiger partial charge in [-0.15, -0.1) is 0 Å². The molecule has 0 amide bonds. The van der Waals surface area contributed by atoms with E-state index in [2.05, 4.69) is 0 Å².